The highest BCUT2D eigenvalue weighted by Gasteiger charge is 2.12. The number of carbonyl (C=O) groups is 2. The third-order valence-electron chi connectivity index (χ3n) is 2.42. The molecule has 0 radical (unpaired) electrons. The lowest BCUT2D eigenvalue weighted by Crippen LogP contribution is -2.13. The van der Waals surface area contributed by atoms with Crippen molar-refractivity contribution in [1.82, 2.24) is 0 Å². The maximum atomic E-state index is 11.8. The van der Waals surface area contributed by atoms with Crippen LogP contribution in [-0.4, -0.2) is 17.0 Å². The highest BCUT2D eigenvalue weighted by Crippen LogP contribution is 2.21. The van der Waals surface area contributed by atoms with Crippen LogP contribution in [0.15, 0.2) is 45.8 Å². The first-order chi connectivity index (χ1) is 9.47. The summed E-state index contributed by atoms with van der Waals surface area (Å²) in [6, 6.07) is 6.48. The van der Waals surface area contributed by atoms with E-state index in [1.807, 2.05) is 0 Å². The van der Waals surface area contributed by atoms with Crippen LogP contribution in [0, 0.1) is 0 Å². The van der Waals surface area contributed by atoms with Gasteiger partial charge in [0.25, 0.3) is 5.91 Å². The first-order valence-electron chi connectivity index (χ1n) is 5.40. The van der Waals surface area contributed by atoms with Gasteiger partial charge in [-0.3, -0.25) is 4.79 Å². The third-order valence-corrected chi connectivity index (χ3v) is 2.75. The highest BCUT2D eigenvalue weighted by atomic mass is 35.5. The predicted molar refractivity (Wildman–Crippen MR) is 71.3 cm³/mol. The number of amides is 1. The normalized spacial score (nSPS) is 10.1. The average molecular weight is 294 g/mol. The van der Waals surface area contributed by atoms with Crippen molar-refractivity contribution in [2.24, 2.45) is 0 Å². The van der Waals surface area contributed by atoms with Crippen molar-refractivity contribution >= 4 is 29.2 Å². The van der Waals surface area contributed by atoms with E-state index in [-0.39, 0.29) is 21.8 Å². The highest BCUT2D eigenvalue weighted by molar-refractivity contribution is 6.33. The fourth-order valence-corrected chi connectivity index (χ4v) is 1.66. The Morgan fingerprint density at radius 3 is 2.55 bits per heavy atom. The van der Waals surface area contributed by atoms with Crippen LogP contribution in [0.25, 0.3) is 0 Å². The lowest BCUT2D eigenvalue weighted by atomic mass is 10.2. The second-order valence-corrected chi connectivity index (χ2v) is 4.20. The van der Waals surface area contributed by atoms with Crippen molar-refractivity contribution < 1.29 is 19.1 Å². The molecular weight excluding hydrogens is 286 g/mol. The fourth-order valence-electron chi connectivity index (χ4n) is 1.46. The molecule has 1 heterocycles. The Kier molecular flexibility index (Phi) is 3.86. The Bertz CT molecular complexity index is 717. The lowest BCUT2D eigenvalue weighted by molar-refractivity contribution is 0.0696. The Morgan fingerprint density at radius 1 is 1.20 bits per heavy atom. The Balaban J connectivity index is 2.24. The number of nitrogens with one attached hydrogen (secondary N) is 1. The first-order valence-corrected chi connectivity index (χ1v) is 5.78. The van der Waals surface area contributed by atoms with Gasteiger partial charge in [0.2, 0.25) is 0 Å². The number of anilines is 1. The van der Waals surface area contributed by atoms with E-state index in [1.165, 1.54) is 24.3 Å². The Labute approximate surface area is 117 Å². The largest absolute Gasteiger partial charge is 0.478 e. The molecule has 0 saturated heterocycles. The topological polar surface area (TPSA) is 96.6 Å². The summed E-state index contributed by atoms with van der Waals surface area (Å²) < 4.78 is 4.57. The van der Waals surface area contributed by atoms with Crippen LogP contribution >= 0.6 is 11.6 Å². The monoisotopic (exact) mass is 293 g/mol. The summed E-state index contributed by atoms with van der Waals surface area (Å²) in [4.78, 5) is 33.5. The van der Waals surface area contributed by atoms with Gasteiger partial charge in [0, 0.05) is 11.8 Å². The zero-order chi connectivity index (χ0) is 14.7. The minimum Gasteiger partial charge on any atom is -0.478 e. The minimum absolute atomic E-state index is 0.0706. The van der Waals surface area contributed by atoms with E-state index in [4.69, 9.17) is 16.7 Å². The van der Waals surface area contributed by atoms with Crippen molar-refractivity contribution in [2.45, 2.75) is 0 Å². The number of hydrogen-bond donors (Lipinski definition) is 2. The Morgan fingerprint density at radius 2 is 1.95 bits per heavy atom. The molecule has 0 atom stereocenters. The second-order valence-electron chi connectivity index (χ2n) is 3.80. The molecule has 1 aromatic carbocycles. The summed E-state index contributed by atoms with van der Waals surface area (Å²) in [6.07, 6.45) is 1.02. The third kappa shape index (κ3) is 3.04. The van der Waals surface area contributed by atoms with Gasteiger partial charge < -0.3 is 14.8 Å². The van der Waals surface area contributed by atoms with Crippen LogP contribution in [0.2, 0.25) is 5.02 Å². The number of benzene rings is 1. The summed E-state index contributed by atoms with van der Waals surface area (Å²) in [5.41, 5.74) is -0.287. The summed E-state index contributed by atoms with van der Waals surface area (Å²) in [7, 11) is 0. The van der Waals surface area contributed by atoms with E-state index in [1.54, 1.807) is 0 Å². The number of carboxylic acid groups (broad SMARTS) is 1. The predicted octanol–water partition coefficient (Wildman–Crippen LogP) is 2.24. The summed E-state index contributed by atoms with van der Waals surface area (Å²) in [5, 5.41) is 11.5. The van der Waals surface area contributed by atoms with E-state index in [0.717, 1.165) is 12.3 Å². The molecule has 1 amide bonds. The van der Waals surface area contributed by atoms with E-state index in [9.17, 15) is 14.4 Å². The van der Waals surface area contributed by atoms with Gasteiger partial charge in [-0.1, -0.05) is 11.6 Å². The average Bonchev–Trinajstić information content (AvgIpc) is 2.41. The van der Waals surface area contributed by atoms with Crippen LogP contribution in [0.5, 0.6) is 0 Å². The molecule has 2 aromatic rings. The smallest absolute Gasteiger partial charge is 0.337 e. The van der Waals surface area contributed by atoms with Crippen molar-refractivity contribution in [3.8, 4) is 0 Å². The Hall–Kier alpha value is -2.60. The molecular formula is C13H8ClNO5. The standard InChI is InChI=1S/C13H8ClNO5/c14-10-3-2-8(5-9(10)13(18)19)15-12(17)7-1-4-11(16)20-6-7/h1-6H,(H,15,17)(H,18,19). The summed E-state index contributed by atoms with van der Waals surface area (Å²) >= 11 is 5.72. The molecule has 0 saturated carbocycles. The zero-order valence-electron chi connectivity index (χ0n) is 9.92. The summed E-state index contributed by atoms with van der Waals surface area (Å²) in [5.74, 6) is -1.73. The van der Waals surface area contributed by atoms with E-state index in [0.29, 0.717) is 0 Å². The van der Waals surface area contributed by atoms with Gasteiger partial charge >= 0.3 is 11.6 Å². The molecule has 0 spiro atoms. The molecule has 1 aromatic heterocycles. The molecule has 6 nitrogen and oxygen atoms in total. The maximum Gasteiger partial charge on any atom is 0.337 e. The molecule has 0 fully saturated rings. The van der Waals surface area contributed by atoms with E-state index >= 15 is 0 Å². The van der Waals surface area contributed by atoms with E-state index in [2.05, 4.69) is 9.73 Å². The van der Waals surface area contributed by atoms with Gasteiger partial charge in [0.05, 0.1) is 16.1 Å². The number of carboxylic acids is 1. The number of halogens is 1. The van der Waals surface area contributed by atoms with Crippen LogP contribution in [0.3, 0.4) is 0 Å². The van der Waals surface area contributed by atoms with Crippen LogP contribution in [0.4, 0.5) is 5.69 Å². The van der Waals surface area contributed by atoms with Gasteiger partial charge in [-0.15, -0.1) is 0 Å². The van der Waals surface area contributed by atoms with Crippen LogP contribution in [-0.2, 0) is 0 Å². The molecule has 0 aliphatic carbocycles. The number of rotatable bonds is 3. The van der Waals surface area contributed by atoms with Gasteiger partial charge in [0.1, 0.15) is 6.26 Å². The van der Waals surface area contributed by atoms with Gasteiger partial charge in [-0.2, -0.15) is 0 Å². The number of hydrogen-bond acceptors (Lipinski definition) is 4. The van der Waals surface area contributed by atoms with Gasteiger partial charge in [-0.25, -0.2) is 9.59 Å². The van der Waals surface area contributed by atoms with Crippen molar-refractivity contribution in [1.29, 1.82) is 0 Å². The van der Waals surface area contributed by atoms with Crippen LogP contribution in [0.1, 0.15) is 20.7 Å². The summed E-state index contributed by atoms with van der Waals surface area (Å²) in [6.45, 7) is 0. The van der Waals surface area contributed by atoms with Gasteiger partial charge in [-0.05, 0) is 24.3 Å². The molecule has 20 heavy (non-hydrogen) atoms. The minimum atomic E-state index is -1.20. The van der Waals surface area contributed by atoms with Crippen molar-refractivity contribution in [3.05, 3.63) is 63.2 Å². The molecule has 0 bridgehead atoms. The quantitative estimate of drug-likeness (QED) is 0.904. The molecule has 0 aliphatic rings. The molecule has 102 valence electrons. The van der Waals surface area contributed by atoms with Crippen LogP contribution < -0.4 is 10.9 Å². The van der Waals surface area contributed by atoms with Crippen molar-refractivity contribution in [3.63, 3.8) is 0 Å². The van der Waals surface area contributed by atoms with Gasteiger partial charge in [0.15, 0.2) is 0 Å². The van der Waals surface area contributed by atoms with E-state index < -0.39 is 17.5 Å². The molecule has 2 N–H and O–H groups in total. The zero-order valence-corrected chi connectivity index (χ0v) is 10.7. The number of carbonyl (C=O) groups excluding carboxylic acids is 1. The fraction of sp³-hybridized carbons (Fsp3) is 0. The number of aromatic carboxylic acids is 1. The lowest BCUT2D eigenvalue weighted by Gasteiger charge is -2.06. The molecule has 0 aliphatic heterocycles. The second kappa shape index (κ2) is 5.58. The molecule has 0 unspecified atom stereocenters. The maximum absolute atomic E-state index is 11.8. The first kappa shape index (κ1) is 13.8. The molecule has 2 rings (SSSR count). The SMILES string of the molecule is O=C(Nc1ccc(Cl)c(C(=O)O)c1)c1ccc(=O)oc1. The van der Waals surface area contributed by atoms with Crippen molar-refractivity contribution in [2.75, 3.05) is 5.32 Å². The molecule has 7 heteroatoms.